The molecule has 36 heavy (non-hydrogen) atoms. The third-order valence-electron chi connectivity index (χ3n) is 7.93. The Morgan fingerprint density at radius 1 is 0.722 bits per heavy atom. The fourth-order valence-electron chi connectivity index (χ4n) is 5.39. The zero-order chi connectivity index (χ0) is 24.8. The summed E-state index contributed by atoms with van der Waals surface area (Å²) in [5.74, 6) is -0.248. The molecule has 0 saturated carbocycles. The maximum Gasteiger partial charge on any atom is 0.497 e. The topological polar surface area (TPSA) is 23.4 Å². The zero-order valence-corrected chi connectivity index (χ0v) is 21.4. The van der Waals surface area contributed by atoms with Gasteiger partial charge < -0.3 is 13.9 Å². The number of aromatic nitrogens is 1. The molecule has 0 bridgehead atoms. The molecular weight excluding hydrogens is 468 g/mol. The summed E-state index contributed by atoms with van der Waals surface area (Å²) < 4.78 is 33.1. The third-order valence-corrected chi connectivity index (χ3v) is 9.12. The van der Waals surface area contributed by atoms with Crippen molar-refractivity contribution in [2.75, 3.05) is 0 Å². The van der Waals surface area contributed by atoms with Crippen LogP contribution < -0.4 is 5.46 Å². The van der Waals surface area contributed by atoms with Crippen LogP contribution in [0.15, 0.2) is 78.9 Å². The van der Waals surface area contributed by atoms with Crippen molar-refractivity contribution in [2.24, 2.45) is 0 Å². The number of rotatable bonds is 2. The van der Waals surface area contributed by atoms with Crippen molar-refractivity contribution in [3.63, 3.8) is 0 Å². The van der Waals surface area contributed by atoms with E-state index in [-0.39, 0.29) is 5.82 Å². The molecule has 0 amide bonds. The van der Waals surface area contributed by atoms with Crippen LogP contribution in [0.5, 0.6) is 0 Å². The minimum atomic E-state index is -0.581. The van der Waals surface area contributed by atoms with Gasteiger partial charge in [-0.2, -0.15) is 0 Å². The first kappa shape index (κ1) is 22.0. The van der Waals surface area contributed by atoms with Gasteiger partial charge in [0.15, 0.2) is 0 Å². The van der Waals surface area contributed by atoms with Crippen molar-refractivity contribution in [2.45, 2.75) is 38.9 Å². The molecule has 4 aromatic carbocycles. The summed E-state index contributed by atoms with van der Waals surface area (Å²) in [6.45, 7) is 8.24. The Labute approximate surface area is 213 Å². The molecule has 1 aliphatic rings. The Hall–Kier alpha value is -3.19. The molecule has 6 aromatic rings. The average molecular weight is 493 g/mol. The summed E-state index contributed by atoms with van der Waals surface area (Å²) in [5, 5.41) is 4.25. The molecule has 0 unspecified atom stereocenters. The summed E-state index contributed by atoms with van der Waals surface area (Å²) in [6.07, 6.45) is 0. The van der Waals surface area contributed by atoms with Crippen molar-refractivity contribution in [3.8, 4) is 5.69 Å². The lowest BCUT2D eigenvalue weighted by Crippen LogP contribution is -2.41. The predicted octanol–water partition coefficient (Wildman–Crippen LogP) is 7.59. The summed E-state index contributed by atoms with van der Waals surface area (Å²) in [6, 6.07) is 26.1. The first-order valence-corrected chi connectivity index (χ1v) is 13.1. The lowest BCUT2D eigenvalue weighted by atomic mass is 9.77. The van der Waals surface area contributed by atoms with Crippen LogP contribution in [0, 0.1) is 5.82 Å². The van der Waals surface area contributed by atoms with E-state index in [1.807, 2.05) is 18.2 Å². The molecule has 178 valence electrons. The lowest BCUT2D eigenvalue weighted by Gasteiger charge is -2.32. The maximum absolute atomic E-state index is 15.7. The molecule has 7 rings (SSSR count). The minimum absolute atomic E-state index is 0.248. The molecule has 6 heteroatoms. The summed E-state index contributed by atoms with van der Waals surface area (Å²) >= 11 is 1.73. The first-order chi connectivity index (χ1) is 17.3. The second-order valence-electron chi connectivity index (χ2n) is 10.6. The van der Waals surface area contributed by atoms with Crippen LogP contribution in [-0.2, 0) is 9.31 Å². The monoisotopic (exact) mass is 493 g/mol. The Kier molecular flexibility index (Phi) is 4.54. The van der Waals surface area contributed by atoms with E-state index in [2.05, 4.69) is 80.8 Å². The maximum atomic E-state index is 15.7. The molecular formula is C30H25BFNO2S. The highest BCUT2D eigenvalue weighted by atomic mass is 32.1. The molecule has 1 fully saturated rings. The van der Waals surface area contributed by atoms with Crippen LogP contribution in [0.1, 0.15) is 27.7 Å². The number of thiophene rings is 1. The number of hydrogen-bond donors (Lipinski definition) is 0. The SMILES string of the molecule is CC1(C)OB(c2ccc3c(sc4ccccc43)c2-n2c3ccccc3c3cccc(F)c32)OC1(C)C. The number of benzene rings is 4. The lowest BCUT2D eigenvalue weighted by molar-refractivity contribution is 0.00578. The Morgan fingerprint density at radius 2 is 1.39 bits per heavy atom. The summed E-state index contributed by atoms with van der Waals surface area (Å²) in [4.78, 5) is 0. The van der Waals surface area contributed by atoms with Crippen LogP contribution in [0.4, 0.5) is 4.39 Å². The third kappa shape index (κ3) is 2.92. The van der Waals surface area contributed by atoms with Gasteiger partial charge in [-0.3, -0.25) is 0 Å². The van der Waals surface area contributed by atoms with Gasteiger partial charge in [-0.15, -0.1) is 11.3 Å². The van der Waals surface area contributed by atoms with E-state index in [4.69, 9.17) is 9.31 Å². The normalized spacial score (nSPS) is 17.2. The molecule has 3 nitrogen and oxygen atoms in total. The Balaban J connectivity index is 1.66. The molecule has 0 spiro atoms. The second kappa shape index (κ2) is 7.42. The van der Waals surface area contributed by atoms with Gasteiger partial charge in [0.25, 0.3) is 0 Å². The minimum Gasteiger partial charge on any atom is -0.399 e. The smallest absolute Gasteiger partial charge is 0.399 e. The van der Waals surface area contributed by atoms with Crippen molar-refractivity contribution in [1.29, 1.82) is 0 Å². The molecule has 0 radical (unpaired) electrons. The quantitative estimate of drug-likeness (QED) is 0.232. The number of nitrogens with zero attached hydrogens (tertiary/aromatic N) is 1. The van der Waals surface area contributed by atoms with Gasteiger partial charge in [-0.25, -0.2) is 4.39 Å². The Bertz CT molecular complexity index is 1820. The molecule has 0 N–H and O–H groups in total. The molecule has 3 heterocycles. The van der Waals surface area contributed by atoms with E-state index in [1.165, 1.54) is 16.2 Å². The number of fused-ring (bicyclic) bond motifs is 6. The fraction of sp³-hybridized carbons (Fsp3) is 0.200. The summed E-state index contributed by atoms with van der Waals surface area (Å²) in [5.41, 5.74) is 2.37. The van der Waals surface area contributed by atoms with Gasteiger partial charge in [-0.05, 0) is 45.9 Å². The zero-order valence-electron chi connectivity index (χ0n) is 20.6. The number of hydrogen-bond acceptors (Lipinski definition) is 3. The summed E-state index contributed by atoms with van der Waals surface area (Å²) in [7, 11) is -0.581. The average Bonchev–Trinajstić information content (AvgIpc) is 3.46. The van der Waals surface area contributed by atoms with E-state index >= 15 is 4.39 Å². The van der Waals surface area contributed by atoms with Crippen molar-refractivity contribution in [1.82, 2.24) is 4.57 Å². The fourth-order valence-corrected chi connectivity index (χ4v) is 6.64. The van der Waals surface area contributed by atoms with Gasteiger partial charge in [0.2, 0.25) is 0 Å². The molecule has 2 aromatic heterocycles. The molecule has 1 saturated heterocycles. The van der Waals surface area contributed by atoms with E-state index in [1.54, 1.807) is 17.4 Å². The van der Waals surface area contributed by atoms with Gasteiger partial charge in [-0.1, -0.05) is 60.7 Å². The van der Waals surface area contributed by atoms with Crippen LogP contribution in [0.3, 0.4) is 0 Å². The van der Waals surface area contributed by atoms with Crippen LogP contribution >= 0.6 is 11.3 Å². The van der Waals surface area contributed by atoms with Gasteiger partial charge >= 0.3 is 7.12 Å². The van der Waals surface area contributed by atoms with Crippen LogP contribution in [0.2, 0.25) is 0 Å². The number of halogens is 1. The first-order valence-electron chi connectivity index (χ1n) is 12.2. The Morgan fingerprint density at radius 3 is 2.17 bits per heavy atom. The molecule has 0 aliphatic carbocycles. The largest absolute Gasteiger partial charge is 0.497 e. The van der Waals surface area contributed by atoms with Gasteiger partial charge in [0, 0.05) is 31.7 Å². The highest BCUT2D eigenvalue weighted by Crippen LogP contribution is 2.43. The molecule has 1 aliphatic heterocycles. The standard InChI is InChI=1S/C30H25BFNO2S/c1-29(2)30(3,4)35-31(34-29)22-17-16-21-19-11-6-8-15-25(19)36-28(21)27(22)33-24-14-7-5-10-18(24)20-12-9-13-23(32)26(20)33/h5-17H,1-4H3. The van der Waals surface area contributed by atoms with Crippen molar-refractivity contribution < 1.29 is 13.7 Å². The van der Waals surface area contributed by atoms with Crippen LogP contribution in [0.25, 0.3) is 47.7 Å². The van der Waals surface area contributed by atoms with Crippen LogP contribution in [-0.4, -0.2) is 22.9 Å². The van der Waals surface area contributed by atoms with E-state index in [0.717, 1.165) is 37.5 Å². The van der Waals surface area contributed by atoms with Crippen molar-refractivity contribution >= 4 is 65.9 Å². The van der Waals surface area contributed by atoms with E-state index < -0.39 is 18.3 Å². The highest BCUT2D eigenvalue weighted by Gasteiger charge is 2.52. The number of para-hydroxylation sites is 2. The second-order valence-corrected chi connectivity index (χ2v) is 11.6. The van der Waals surface area contributed by atoms with Gasteiger partial charge in [0.05, 0.1) is 32.6 Å². The van der Waals surface area contributed by atoms with Gasteiger partial charge in [0.1, 0.15) is 5.82 Å². The predicted molar refractivity (Wildman–Crippen MR) is 149 cm³/mol. The van der Waals surface area contributed by atoms with E-state index in [9.17, 15) is 0 Å². The van der Waals surface area contributed by atoms with E-state index in [0.29, 0.717) is 5.52 Å². The van der Waals surface area contributed by atoms with Crippen molar-refractivity contribution in [3.05, 3.63) is 84.7 Å². The molecule has 0 atom stereocenters. The highest BCUT2D eigenvalue weighted by molar-refractivity contribution is 7.26.